The van der Waals surface area contributed by atoms with Gasteiger partial charge in [0.1, 0.15) is 12.1 Å². The molecule has 2 aromatic heterocycles. The number of anilines is 1. The van der Waals surface area contributed by atoms with Gasteiger partial charge in [-0.05, 0) is 37.1 Å². The number of thiophene rings is 1. The van der Waals surface area contributed by atoms with Gasteiger partial charge in [-0.2, -0.15) is 0 Å². The van der Waals surface area contributed by atoms with Crippen molar-refractivity contribution in [1.29, 1.82) is 0 Å². The molecule has 3 nitrogen and oxygen atoms in total. The van der Waals surface area contributed by atoms with Crippen molar-refractivity contribution in [3.05, 3.63) is 17.8 Å². The summed E-state index contributed by atoms with van der Waals surface area (Å²) < 4.78 is 1.17. The van der Waals surface area contributed by atoms with E-state index in [1.165, 1.54) is 17.5 Å². The molecule has 1 atom stereocenters. The van der Waals surface area contributed by atoms with Gasteiger partial charge in [-0.15, -0.1) is 11.3 Å². The van der Waals surface area contributed by atoms with Gasteiger partial charge in [-0.1, -0.05) is 0 Å². The number of rotatable bonds is 3. The minimum absolute atomic E-state index is 0.533. The number of hydrogen-bond acceptors (Lipinski definition) is 4. The summed E-state index contributed by atoms with van der Waals surface area (Å²) in [5.41, 5.74) is 1.04. The summed E-state index contributed by atoms with van der Waals surface area (Å²) in [5.74, 6) is 1.84. The van der Waals surface area contributed by atoms with Crippen LogP contribution in [0.5, 0.6) is 0 Å². The Kier molecular flexibility index (Phi) is 2.09. The summed E-state index contributed by atoms with van der Waals surface area (Å²) in [6.07, 6.45) is 4.34. The van der Waals surface area contributed by atoms with Gasteiger partial charge in [0.15, 0.2) is 0 Å². The van der Waals surface area contributed by atoms with Crippen LogP contribution in [0.25, 0.3) is 10.2 Å². The van der Waals surface area contributed by atoms with Crippen molar-refractivity contribution >= 4 is 27.4 Å². The fraction of sp³-hybridized carbons (Fsp3) is 0.455. The molecule has 1 aliphatic carbocycles. The third-order valence-electron chi connectivity index (χ3n) is 2.94. The molecule has 0 spiro atoms. The molecule has 1 fully saturated rings. The Bertz CT molecular complexity index is 475. The smallest absolute Gasteiger partial charge is 0.147 e. The summed E-state index contributed by atoms with van der Waals surface area (Å²) in [5, 5.41) is 5.55. The maximum Gasteiger partial charge on any atom is 0.147 e. The van der Waals surface area contributed by atoms with Crippen molar-refractivity contribution < 1.29 is 0 Å². The number of nitrogens with one attached hydrogen (secondary N) is 1. The fourth-order valence-electron chi connectivity index (χ4n) is 1.82. The highest BCUT2D eigenvalue weighted by molar-refractivity contribution is 7.17. The van der Waals surface area contributed by atoms with E-state index in [-0.39, 0.29) is 0 Å². The van der Waals surface area contributed by atoms with Crippen LogP contribution < -0.4 is 5.32 Å². The summed E-state index contributed by atoms with van der Waals surface area (Å²) in [4.78, 5) is 8.55. The second-order valence-corrected chi connectivity index (χ2v) is 5.04. The van der Waals surface area contributed by atoms with Crippen LogP contribution in [0, 0.1) is 5.92 Å². The zero-order chi connectivity index (χ0) is 10.3. The fourth-order valence-corrected chi connectivity index (χ4v) is 2.62. The lowest BCUT2D eigenvalue weighted by Crippen LogP contribution is -2.18. The van der Waals surface area contributed by atoms with Crippen molar-refractivity contribution in [2.75, 3.05) is 5.32 Å². The zero-order valence-electron chi connectivity index (χ0n) is 8.60. The first-order chi connectivity index (χ1) is 7.34. The largest absolute Gasteiger partial charge is 0.366 e. The first-order valence-corrected chi connectivity index (χ1v) is 6.17. The monoisotopic (exact) mass is 219 g/mol. The van der Waals surface area contributed by atoms with Crippen molar-refractivity contribution in [1.82, 2.24) is 9.97 Å². The number of fused-ring (bicyclic) bond motifs is 1. The molecule has 1 aliphatic rings. The maximum absolute atomic E-state index is 4.32. The van der Waals surface area contributed by atoms with E-state index in [1.54, 1.807) is 17.7 Å². The molecule has 1 N–H and O–H groups in total. The average molecular weight is 219 g/mol. The van der Waals surface area contributed by atoms with Gasteiger partial charge in [-0.3, -0.25) is 0 Å². The van der Waals surface area contributed by atoms with Crippen LogP contribution in [0.15, 0.2) is 17.8 Å². The predicted octanol–water partition coefficient (Wildman–Crippen LogP) is 2.90. The predicted molar refractivity (Wildman–Crippen MR) is 63.2 cm³/mol. The van der Waals surface area contributed by atoms with Crippen molar-refractivity contribution in [3.8, 4) is 0 Å². The van der Waals surface area contributed by atoms with E-state index in [9.17, 15) is 0 Å². The van der Waals surface area contributed by atoms with Crippen LogP contribution in [0.4, 0.5) is 5.82 Å². The molecule has 78 valence electrons. The quantitative estimate of drug-likeness (QED) is 0.862. The SMILES string of the molecule is CC(Nc1ncnc2ccsc12)C1CC1. The van der Waals surface area contributed by atoms with Crippen LogP contribution in [0.3, 0.4) is 0 Å². The molecule has 0 radical (unpaired) electrons. The second kappa shape index (κ2) is 3.45. The summed E-state index contributed by atoms with van der Waals surface area (Å²) >= 11 is 1.70. The maximum atomic E-state index is 4.32. The van der Waals surface area contributed by atoms with Crippen LogP contribution in [0.1, 0.15) is 19.8 Å². The molecule has 1 saturated carbocycles. The summed E-state index contributed by atoms with van der Waals surface area (Å²) in [7, 11) is 0. The molecule has 0 saturated heterocycles. The van der Waals surface area contributed by atoms with E-state index in [0.29, 0.717) is 6.04 Å². The standard InChI is InChI=1S/C11H13N3S/c1-7(8-2-3-8)14-11-10-9(4-5-15-10)12-6-13-11/h4-8H,2-3H2,1H3,(H,12,13,14). The Hall–Kier alpha value is -1.16. The minimum atomic E-state index is 0.533. The van der Waals surface area contributed by atoms with Gasteiger partial charge in [0.05, 0.1) is 10.2 Å². The van der Waals surface area contributed by atoms with Crippen LogP contribution >= 0.6 is 11.3 Å². The van der Waals surface area contributed by atoms with Gasteiger partial charge in [0.2, 0.25) is 0 Å². The third kappa shape index (κ3) is 1.69. The Labute approximate surface area is 92.6 Å². The molecule has 4 heteroatoms. The van der Waals surface area contributed by atoms with Gasteiger partial charge in [-0.25, -0.2) is 9.97 Å². The molecule has 1 unspecified atom stereocenters. The Balaban J connectivity index is 1.92. The van der Waals surface area contributed by atoms with Crippen LogP contribution in [0.2, 0.25) is 0 Å². The highest BCUT2D eigenvalue weighted by Gasteiger charge is 2.28. The second-order valence-electron chi connectivity index (χ2n) is 4.13. The van der Waals surface area contributed by atoms with E-state index < -0.39 is 0 Å². The highest BCUT2D eigenvalue weighted by atomic mass is 32.1. The molecule has 15 heavy (non-hydrogen) atoms. The van der Waals surface area contributed by atoms with Crippen LogP contribution in [-0.4, -0.2) is 16.0 Å². The van der Waals surface area contributed by atoms with E-state index in [2.05, 4.69) is 27.6 Å². The van der Waals surface area contributed by atoms with Crippen molar-refractivity contribution in [2.45, 2.75) is 25.8 Å². The molecular weight excluding hydrogens is 206 g/mol. The average Bonchev–Trinajstić information content (AvgIpc) is 2.97. The topological polar surface area (TPSA) is 37.8 Å². The summed E-state index contributed by atoms with van der Waals surface area (Å²) in [6, 6.07) is 2.57. The van der Waals surface area contributed by atoms with E-state index >= 15 is 0 Å². The number of aromatic nitrogens is 2. The van der Waals surface area contributed by atoms with Gasteiger partial charge >= 0.3 is 0 Å². The lowest BCUT2D eigenvalue weighted by Gasteiger charge is -2.13. The first kappa shape index (κ1) is 9.09. The van der Waals surface area contributed by atoms with E-state index in [1.807, 2.05) is 6.07 Å². The number of nitrogens with zero attached hydrogens (tertiary/aromatic N) is 2. The molecule has 0 bridgehead atoms. The molecule has 0 amide bonds. The van der Waals surface area contributed by atoms with Gasteiger partial charge < -0.3 is 5.32 Å². The lowest BCUT2D eigenvalue weighted by molar-refractivity contribution is 0.691. The van der Waals surface area contributed by atoms with E-state index in [0.717, 1.165) is 17.3 Å². The third-order valence-corrected chi connectivity index (χ3v) is 3.85. The molecule has 2 heterocycles. The van der Waals surface area contributed by atoms with Crippen LogP contribution in [-0.2, 0) is 0 Å². The Morgan fingerprint density at radius 1 is 1.47 bits per heavy atom. The normalized spacial score (nSPS) is 17.9. The molecular formula is C11H13N3S. The molecule has 2 aromatic rings. The lowest BCUT2D eigenvalue weighted by atomic mass is 10.2. The Morgan fingerprint density at radius 3 is 3.13 bits per heavy atom. The molecule has 0 aromatic carbocycles. The molecule has 3 rings (SSSR count). The van der Waals surface area contributed by atoms with Crippen molar-refractivity contribution in [2.24, 2.45) is 5.92 Å². The first-order valence-electron chi connectivity index (χ1n) is 5.29. The zero-order valence-corrected chi connectivity index (χ0v) is 9.42. The van der Waals surface area contributed by atoms with E-state index in [4.69, 9.17) is 0 Å². The highest BCUT2D eigenvalue weighted by Crippen LogP contribution is 2.35. The number of hydrogen-bond donors (Lipinski definition) is 1. The Morgan fingerprint density at radius 2 is 2.33 bits per heavy atom. The van der Waals surface area contributed by atoms with Gasteiger partial charge in [0, 0.05) is 6.04 Å². The van der Waals surface area contributed by atoms with Gasteiger partial charge in [0.25, 0.3) is 0 Å². The van der Waals surface area contributed by atoms with Crippen molar-refractivity contribution in [3.63, 3.8) is 0 Å². The minimum Gasteiger partial charge on any atom is -0.366 e. The molecule has 0 aliphatic heterocycles. The summed E-state index contributed by atoms with van der Waals surface area (Å²) in [6.45, 7) is 2.24.